The number of nitrogens with two attached hydrogens (primary N) is 1. The molecule has 3 rings (SSSR count). The molecule has 14 heavy (non-hydrogen) atoms. The minimum absolute atomic E-state index is 0.187. The zero-order valence-electron chi connectivity index (χ0n) is 8.24. The predicted octanol–water partition coefficient (Wildman–Crippen LogP) is 0.266. The smallest absolute Gasteiger partial charge is 0.0558 e. The van der Waals surface area contributed by atoms with Gasteiger partial charge in [0.25, 0.3) is 0 Å². The Morgan fingerprint density at radius 3 is 3.00 bits per heavy atom. The van der Waals surface area contributed by atoms with Gasteiger partial charge in [-0.1, -0.05) is 0 Å². The van der Waals surface area contributed by atoms with Gasteiger partial charge in [-0.25, -0.2) is 0 Å². The number of rotatable bonds is 0. The Bertz CT molecular complexity index is 338. The van der Waals surface area contributed by atoms with Gasteiger partial charge in [0, 0.05) is 18.2 Å². The summed E-state index contributed by atoms with van der Waals surface area (Å²) >= 11 is 0. The third kappa shape index (κ3) is 0.980. The maximum atomic E-state index is 6.31. The van der Waals surface area contributed by atoms with E-state index in [2.05, 4.69) is 21.2 Å². The van der Waals surface area contributed by atoms with Crippen LogP contribution in [0.4, 0.5) is 0 Å². The third-order valence-electron chi connectivity index (χ3n) is 3.79. The van der Waals surface area contributed by atoms with Crippen molar-refractivity contribution in [3.05, 3.63) is 18.0 Å². The molecule has 1 atom stereocenters. The van der Waals surface area contributed by atoms with E-state index in [1.807, 2.05) is 6.20 Å². The molecule has 1 saturated heterocycles. The Hall–Kier alpha value is -0.870. The molecule has 3 heterocycles. The average Bonchev–Trinajstić information content (AvgIpc) is 2.73. The summed E-state index contributed by atoms with van der Waals surface area (Å²) in [7, 11) is 0. The van der Waals surface area contributed by atoms with Crippen LogP contribution in [0.15, 0.2) is 12.3 Å². The lowest BCUT2D eigenvalue weighted by atomic mass is 9.74. The molecular formula is C10H16N4. The lowest BCUT2D eigenvalue weighted by Crippen LogP contribution is -2.42. The number of hydrogen-bond acceptors (Lipinski definition) is 3. The molecule has 0 aliphatic carbocycles. The van der Waals surface area contributed by atoms with E-state index in [1.54, 1.807) is 0 Å². The summed E-state index contributed by atoms with van der Waals surface area (Å²) in [5.41, 5.74) is 7.81. The summed E-state index contributed by atoms with van der Waals surface area (Å²) in [4.78, 5) is 0. The van der Waals surface area contributed by atoms with E-state index in [0.29, 0.717) is 0 Å². The summed E-state index contributed by atoms with van der Waals surface area (Å²) in [6.07, 6.45) is 4.21. The summed E-state index contributed by atoms with van der Waals surface area (Å²) < 4.78 is 2.08. The zero-order chi connectivity index (χ0) is 9.60. The van der Waals surface area contributed by atoms with Crippen molar-refractivity contribution in [1.29, 1.82) is 0 Å². The molecule has 0 bridgehead atoms. The topological polar surface area (TPSA) is 55.9 Å². The fourth-order valence-electron chi connectivity index (χ4n) is 2.84. The Morgan fingerprint density at radius 1 is 1.50 bits per heavy atom. The van der Waals surface area contributed by atoms with Gasteiger partial charge in [-0.05, 0) is 32.0 Å². The molecule has 0 saturated carbocycles. The lowest BCUT2D eigenvalue weighted by molar-refractivity contribution is 0.158. The summed E-state index contributed by atoms with van der Waals surface area (Å²) in [5, 5.41) is 7.70. The average molecular weight is 192 g/mol. The van der Waals surface area contributed by atoms with Gasteiger partial charge in [0.15, 0.2) is 0 Å². The normalized spacial score (nSPS) is 29.4. The number of fused-ring (bicyclic) bond motifs is 1. The van der Waals surface area contributed by atoms with Crippen molar-refractivity contribution >= 4 is 0 Å². The number of aromatic nitrogens is 2. The fraction of sp³-hybridized carbons (Fsp3) is 0.700. The number of nitrogens with one attached hydrogen (secondary N) is 1. The molecule has 1 aromatic heterocycles. The van der Waals surface area contributed by atoms with Crippen LogP contribution in [0.5, 0.6) is 0 Å². The summed E-state index contributed by atoms with van der Waals surface area (Å²) in [6.45, 7) is 3.20. The van der Waals surface area contributed by atoms with Crippen molar-refractivity contribution in [3.63, 3.8) is 0 Å². The van der Waals surface area contributed by atoms with Crippen molar-refractivity contribution in [3.8, 4) is 0 Å². The molecular weight excluding hydrogens is 176 g/mol. The van der Waals surface area contributed by atoms with E-state index >= 15 is 0 Å². The van der Waals surface area contributed by atoms with E-state index in [0.717, 1.165) is 19.6 Å². The van der Waals surface area contributed by atoms with E-state index in [1.165, 1.54) is 18.5 Å². The van der Waals surface area contributed by atoms with Gasteiger partial charge in [0.2, 0.25) is 0 Å². The second kappa shape index (κ2) is 2.81. The molecule has 2 aliphatic heterocycles. The number of piperidine rings is 1. The van der Waals surface area contributed by atoms with Crippen LogP contribution in [0.3, 0.4) is 0 Å². The standard InChI is InChI=1S/C10H16N4/c11-9-8-1-4-13-14(8)7-10(9)2-5-12-6-3-10/h1,4,9,12H,2-3,5-7,11H2. The first kappa shape index (κ1) is 8.44. The SMILES string of the molecule is NC1c2ccnn2CC12CCNCC2. The molecule has 4 heteroatoms. The van der Waals surface area contributed by atoms with Crippen molar-refractivity contribution in [2.45, 2.75) is 25.4 Å². The monoisotopic (exact) mass is 192 g/mol. The summed E-state index contributed by atoms with van der Waals surface area (Å²) in [5.74, 6) is 0. The van der Waals surface area contributed by atoms with Gasteiger partial charge < -0.3 is 11.1 Å². The Kier molecular flexibility index (Phi) is 1.69. The highest BCUT2D eigenvalue weighted by atomic mass is 15.3. The Balaban J connectivity index is 1.94. The highest BCUT2D eigenvalue weighted by Gasteiger charge is 2.45. The molecule has 1 fully saturated rings. The molecule has 76 valence electrons. The fourth-order valence-corrected chi connectivity index (χ4v) is 2.84. The Labute approximate surface area is 83.5 Å². The van der Waals surface area contributed by atoms with E-state index in [-0.39, 0.29) is 11.5 Å². The molecule has 0 amide bonds. The minimum Gasteiger partial charge on any atom is -0.322 e. The van der Waals surface area contributed by atoms with Crippen LogP contribution < -0.4 is 11.1 Å². The van der Waals surface area contributed by atoms with E-state index in [4.69, 9.17) is 5.73 Å². The minimum atomic E-state index is 0.187. The third-order valence-corrected chi connectivity index (χ3v) is 3.79. The molecule has 0 radical (unpaired) electrons. The van der Waals surface area contributed by atoms with Gasteiger partial charge >= 0.3 is 0 Å². The van der Waals surface area contributed by atoms with Crippen LogP contribution in [-0.2, 0) is 6.54 Å². The van der Waals surface area contributed by atoms with Crippen LogP contribution in [0, 0.1) is 5.41 Å². The maximum Gasteiger partial charge on any atom is 0.0558 e. The molecule has 3 N–H and O–H groups in total. The number of hydrogen-bond donors (Lipinski definition) is 2. The van der Waals surface area contributed by atoms with Crippen molar-refractivity contribution in [1.82, 2.24) is 15.1 Å². The quantitative estimate of drug-likeness (QED) is 0.620. The first-order valence-electron chi connectivity index (χ1n) is 5.30. The largest absolute Gasteiger partial charge is 0.322 e. The van der Waals surface area contributed by atoms with Crippen molar-refractivity contribution in [2.75, 3.05) is 13.1 Å². The highest BCUT2D eigenvalue weighted by molar-refractivity contribution is 5.17. The van der Waals surface area contributed by atoms with Gasteiger partial charge in [-0.15, -0.1) is 0 Å². The molecule has 1 aromatic rings. The maximum absolute atomic E-state index is 6.31. The molecule has 1 unspecified atom stereocenters. The predicted molar refractivity (Wildman–Crippen MR) is 53.7 cm³/mol. The van der Waals surface area contributed by atoms with Gasteiger partial charge in [-0.2, -0.15) is 5.10 Å². The highest BCUT2D eigenvalue weighted by Crippen LogP contribution is 2.46. The van der Waals surface area contributed by atoms with Gasteiger partial charge in [0.1, 0.15) is 0 Å². The zero-order valence-corrected chi connectivity index (χ0v) is 8.24. The van der Waals surface area contributed by atoms with Gasteiger partial charge in [-0.3, -0.25) is 4.68 Å². The van der Waals surface area contributed by atoms with Crippen LogP contribution in [0.1, 0.15) is 24.6 Å². The van der Waals surface area contributed by atoms with E-state index < -0.39 is 0 Å². The second-order valence-corrected chi connectivity index (χ2v) is 4.50. The Morgan fingerprint density at radius 2 is 2.29 bits per heavy atom. The number of nitrogens with zero attached hydrogens (tertiary/aromatic N) is 2. The summed E-state index contributed by atoms with van der Waals surface area (Å²) in [6, 6.07) is 2.24. The molecule has 1 spiro atoms. The second-order valence-electron chi connectivity index (χ2n) is 4.50. The first-order chi connectivity index (χ1) is 6.82. The van der Waals surface area contributed by atoms with Crippen LogP contribution in [-0.4, -0.2) is 22.9 Å². The van der Waals surface area contributed by atoms with E-state index in [9.17, 15) is 0 Å². The van der Waals surface area contributed by atoms with Crippen LogP contribution in [0.25, 0.3) is 0 Å². The van der Waals surface area contributed by atoms with Crippen LogP contribution >= 0.6 is 0 Å². The molecule has 4 nitrogen and oxygen atoms in total. The first-order valence-corrected chi connectivity index (χ1v) is 5.30. The van der Waals surface area contributed by atoms with Gasteiger partial charge in [0.05, 0.1) is 11.7 Å². The van der Waals surface area contributed by atoms with Crippen molar-refractivity contribution in [2.24, 2.45) is 11.1 Å². The van der Waals surface area contributed by atoms with Crippen LogP contribution in [0.2, 0.25) is 0 Å². The lowest BCUT2D eigenvalue weighted by Gasteiger charge is -2.36. The molecule has 2 aliphatic rings. The van der Waals surface area contributed by atoms with Crippen molar-refractivity contribution < 1.29 is 0 Å². The molecule has 0 aromatic carbocycles.